The Kier molecular flexibility index (Phi) is 3.89. The Morgan fingerprint density at radius 2 is 2.17 bits per heavy atom. The smallest absolute Gasteiger partial charge is 0.199 e. The van der Waals surface area contributed by atoms with Crippen LogP contribution >= 0.6 is 0 Å². The fraction of sp³-hybridized carbons (Fsp3) is 0.286. The van der Waals surface area contributed by atoms with Crippen LogP contribution in [-0.2, 0) is 4.74 Å². The molecule has 2 rings (SSSR count). The summed E-state index contributed by atoms with van der Waals surface area (Å²) in [4.78, 5) is 15.3. The highest BCUT2D eigenvalue weighted by Gasteiger charge is 2.12. The highest BCUT2D eigenvalue weighted by molar-refractivity contribution is 5.86. The number of rotatable bonds is 5. The molecule has 1 aromatic carbocycles. The largest absolute Gasteiger partial charge is 0.463 e. The van der Waals surface area contributed by atoms with Crippen LogP contribution in [0.25, 0.3) is 10.9 Å². The number of benzene rings is 1. The van der Waals surface area contributed by atoms with Gasteiger partial charge >= 0.3 is 0 Å². The minimum Gasteiger partial charge on any atom is -0.463 e. The third-order valence-corrected chi connectivity index (χ3v) is 2.68. The van der Waals surface area contributed by atoms with Gasteiger partial charge in [0.15, 0.2) is 18.3 Å². The minimum absolute atomic E-state index is 0.296. The topological polar surface area (TPSA) is 48.4 Å². The molecule has 0 spiro atoms. The van der Waals surface area contributed by atoms with E-state index in [1.807, 2.05) is 37.3 Å². The first-order chi connectivity index (χ1) is 8.78. The van der Waals surface area contributed by atoms with E-state index in [2.05, 4.69) is 4.98 Å². The summed E-state index contributed by atoms with van der Waals surface area (Å²) in [5, 5.41) is 0.934. The van der Waals surface area contributed by atoms with Crippen LogP contribution in [0, 0.1) is 0 Å². The number of nitrogens with zero attached hydrogens (tertiary/aromatic N) is 1. The van der Waals surface area contributed by atoms with Crippen molar-refractivity contribution in [2.24, 2.45) is 0 Å². The number of methoxy groups -OCH3 is 1. The normalized spacial score (nSPS) is 12.3. The summed E-state index contributed by atoms with van der Waals surface area (Å²) in [6, 6.07) is 9.40. The summed E-state index contributed by atoms with van der Waals surface area (Å²) in [5.74, 6) is 0.456. The van der Waals surface area contributed by atoms with Gasteiger partial charge in [0.05, 0.1) is 5.52 Å². The first-order valence-electron chi connectivity index (χ1n) is 5.83. The van der Waals surface area contributed by atoms with Crippen LogP contribution in [0.1, 0.15) is 23.8 Å². The van der Waals surface area contributed by atoms with Gasteiger partial charge in [-0.2, -0.15) is 0 Å². The van der Waals surface area contributed by atoms with Crippen LogP contribution in [0.2, 0.25) is 0 Å². The average Bonchev–Trinajstić information content (AvgIpc) is 2.43. The first kappa shape index (κ1) is 12.5. The van der Waals surface area contributed by atoms with E-state index >= 15 is 0 Å². The van der Waals surface area contributed by atoms with Gasteiger partial charge in [-0.1, -0.05) is 25.1 Å². The third kappa shape index (κ3) is 2.49. The molecule has 0 aliphatic carbocycles. The van der Waals surface area contributed by atoms with Crippen molar-refractivity contribution in [3.63, 3.8) is 0 Å². The molecule has 1 heterocycles. The van der Waals surface area contributed by atoms with Gasteiger partial charge in [0, 0.05) is 18.9 Å². The third-order valence-electron chi connectivity index (χ3n) is 2.68. The van der Waals surface area contributed by atoms with Crippen LogP contribution in [0.3, 0.4) is 0 Å². The SMILES string of the molecule is CC[C@H](OC)Oc1cc2ccccc2nc1C=O. The van der Waals surface area contributed by atoms with Gasteiger partial charge in [-0.25, -0.2) is 4.98 Å². The second-order valence-corrected chi connectivity index (χ2v) is 3.87. The van der Waals surface area contributed by atoms with Crippen LogP contribution < -0.4 is 4.74 Å². The van der Waals surface area contributed by atoms with Crippen LogP contribution in [0.5, 0.6) is 5.75 Å². The number of hydrogen-bond donors (Lipinski definition) is 0. The molecule has 0 amide bonds. The summed E-state index contributed by atoms with van der Waals surface area (Å²) in [7, 11) is 1.57. The molecule has 0 saturated heterocycles. The van der Waals surface area contributed by atoms with Crippen molar-refractivity contribution in [1.29, 1.82) is 0 Å². The molecule has 2 aromatic rings. The number of carbonyl (C=O) groups is 1. The summed E-state index contributed by atoms with van der Waals surface area (Å²) in [6.45, 7) is 1.95. The minimum atomic E-state index is -0.369. The van der Waals surface area contributed by atoms with Gasteiger partial charge in [-0.3, -0.25) is 4.79 Å². The number of ether oxygens (including phenoxy) is 2. The zero-order chi connectivity index (χ0) is 13.0. The number of pyridine rings is 1. The molecule has 0 aliphatic heterocycles. The Balaban J connectivity index is 2.44. The standard InChI is InChI=1S/C14H15NO3/c1-3-14(17-2)18-13-8-10-6-4-5-7-11(10)15-12(13)9-16/h4-9,14H,3H2,1-2H3/t14-/m1/s1. The molecule has 0 N–H and O–H groups in total. The number of aromatic nitrogens is 1. The number of para-hydroxylation sites is 1. The molecule has 0 saturated carbocycles. The summed E-state index contributed by atoms with van der Waals surface area (Å²) >= 11 is 0. The lowest BCUT2D eigenvalue weighted by Gasteiger charge is -2.16. The van der Waals surface area contributed by atoms with E-state index < -0.39 is 0 Å². The molecule has 0 unspecified atom stereocenters. The monoisotopic (exact) mass is 245 g/mol. The lowest BCUT2D eigenvalue weighted by atomic mass is 10.2. The van der Waals surface area contributed by atoms with Crippen molar-refractivity contribution in [1.82, 2.24) is 4.98 Å². The zero-order valence-electron chi connectivity index (χ0n) is 10.4. The van der Waals surface area contributed by atoms with E-state index in [9.17, 15) is 4.79 Å². The van der Waals surface area contributed by atoms with E-state index in [4.69, 9.17) is 9.47 Å². The van der Waals surface area contributed by atoms with Crippen molar-refractivity contribution in [3.05, 3.63) is 36.0 Å². The second-order valence-electron chi connectivity index (χ2n) is 3.87. The Hall–Kier alpha value is -1.94. The molecule has 0 radical (unpaired) electrons. The van der Waals surface area contributed by atoms with Crippen molar-refractivity contribution in [3.8, 4) is 5.75 Å². The quantitative estimate of drug-likeness (QED) is 0.600. The van der Waals surface area contributed by atoms with Crippen molar-refractivity contribution in [2.45, 2.75) is 19.6 Å². The average molecular weight is 245 g/mol. The maximum Gasteiger partial charge on any atom is 0.199 e. The molecule has 94 valence electrons. The van der Waals surface area contributed by atoms with E-state index in [1.165, 1.54) is 0 Å². The fourth-order valence-corrected chi connectivity index (χ4v) is 1.73. The van der Waals surface area contributed by atoms with Gasteiger partial charge in [0.25, 0.3) is 0 Å². The predicted octanol–water partition coefficient (Wildman–Crippen LogP) is 2.81. The number of fused-ring (bicyclic) bond motifs is 1. The number of carbonyl (C=O) groups excluding carboxylic acids is 1. The molecule has 4 heteroatoms. The van der Waals surface area contributed by atoms with E-state index in [0.717, 1.165) is 10.9 Å². The van der Waals surface area contributed by atoms with E-state index in [-0.39, 0.29) is 6.29 Å². The lowest BCUT2D eigenvalue weighted by molar-refractivity contribution is -0.0551. The summed E-state index contributed by atoms with van der Waals surface area (Å²) in [6.07, 6.45) is 1.03. The summed E-state index contributed by atoms with van der Waals surface area (Å²) in [5.41, 5.74) is 1.07. The van der Waals surface area contributed by atoms with Gasteiger partial charge in [0.1, 0.15) is 5.69 Å². The van der Waals surface area contributed by atoms with Crippen molar-refractivity contribution >= 4 is 17.2 Å². The molecule has 4 nitrogen and oxygen atoms in total. The molecular formula is C14H15NO3. The molecular weight excluding hydrogens is 230 g/mol. The summed E-state index contributed by atoms with van der Waals surface area (Å²) < 4.78 is 10.8. The molecule has 1 aromatic heterocycles. The first-order valence-corrected chi connectivity index (χ1v) is 5.83. The van der Waals surface area contributed by atoms with Crippen molar-refractivity contribution in [2.75, 3.05) is 7.11 Å². The maximum atomic E-state index is 11.0. The Bertz CT molecular complexity index is 550. The number of hydrogen-bond acceptors (Lipinski definition) is 4. The van der Waals surface area contributed by atoms with E-state index in [0.29, 0.717) is 24.2 Å². The molecule has 1 atom stereocenters. The Morgan fingerprint density at radius 1 is 1.39 bits per heavy atom. The highest BCUT2D eigenvalue weighted by atomic mass is 16.7. The Morgan fingerprint density at radius 3 is 2.83 bits per heavy atom. The van der Waals surface area contributed by atoms with Crippen LogP contribution in [0.15, 0.2) is 30.3 Å². The molecule has 18 heavy (non-hydrogen) atoms. The van der Waals surface area contributed by atoms with Gasteiger partial charge in [-0.05, 0) is 12.1 Å². The number of aldehydes is 1. The Labute approximate surface area is 106 Å². The highest BCUT2D eigenvalue weighted by Crippen LogP contribution is 2.23. The van der Waals surface area contributed by atoms with Crippen molar-refractivity contribution < 1.29 is 14.3 Å². The van der Waals surface area contributed by atoms with Gasteiger partial charge in [-0.15, -0.1) is 0 Å². The fourth-order valence-electron chi connectivity index (χ4n) is 1.73. The van der Waals surface area contributed by atoms with Gasteiger partial charge in [0.2, 0.25) is 0 Å². The molecule has 0 aliphatic rings. The molecule has 0 fully saturated rings. The zero-order valence-corrected chi connectivity index (χ0v) is 10.4. The predicted molar refractivity (Wildman–Crippen MR) is 68.8 cm³/mol. The van der Waals surface area contributed by atoms with Gasteiger partial charge < -0.3 is 9.47 Å². The maximum absolute atomic E-state index is 11.0. The second kappa shape index (κ2) is 5.60. The molecule has 0 bridgehead atoms. The van der Waals surface area contributed by atoms with E-state index in [1.54, 1.807) is 7.11 Å². The lowest BCUT2D eigenvalue weighted by Crippen LogP contribution is -2.18. The van der Waals surface area contributed by atoms with Crippen LogP contribution in [0.4, 0.5) is 0 Å². The van der Waals surface area contributed by atoms with Crippen LogP contribution in [-0.4, -0.2) is 24.7 Å².